The van der Waals surface area contributed by atoms with E-state index in [-0.39, 0.29) is 46.5 Å². The normalized spacial score (nSPS) is 11.7. The summed E-state index contributed by atoms with van der Waals surface area (Å²) in [6, 6.07) is 12.4. The number of carbonyl (C=O) groups is 1. The molecule has 4 rings (SSSR count). The van der Waals surface area contributed by atoms with E-state index < -0.39 is 29.9 Å². The average molecular weight is 653 g/mol. The van der Waals surface area contributed by atoms with E-state index in [1.54, 1.807) is 38.1 Å². The molecule has 214 valence electrons. The summed E-state index contributed by atoms with van der Waals surface area (Å²) in [6.45, 7) is 3.40. The Hall–Kier alpha value is -3.90. The van der Waals surface area contributed by atoms with Gasteiger partial charge in [-0.25, -0.2) is 9.78 Å². The number of fused-ring (bicyclic) bond motifs is 1. The number of alkyl halides is 3. The van der Waals surface area contributed by atoms with Crippen LogP contribution in [0.5, 0.6) is 11.5 Å². The molecule has 0 aliphatic rings. The van der Waals surface area contributed by atoms with E-state index in [4.69, 9.17) is 25.8 Å². The molecule has 0 fully saturated rings. The minimum atomic E-state index is -4.60. The number of halogens is 5. The number of rotatable bonds is 9. The quantitative estimate of drug-likeness (QED) is 0.147. The van der Waals surface area contributed by atoms with Gasteiger partial charge in [0, 0.05) is 15.6 Å². The maximum atomic E-state index is 13.5. The smallest absolute Gasteiger partial charge is 0.416 e. The maximum Gasteiger partial charge on any atom is 0.416 e. The summed E-state index contributed by atoms with van der Waals surface area (Å²) in [4.78, 5) is 29.7. The van der Waals surface area contributed by atoms with Crippen molar-refractivity contribution in [2.45, 2.75) is 20.0 Å². The zero-order valence-electron chi connectivity index (χ0n) is 21.7. The van der Waals surface area contributed by atoms with Gasteiger partial charge in [0.25, 0.3) is 5.56 Å². The van der Waals surface area contributed by atoms with E-state index in [1.807, 2.05) is 0 Å². The van der Waals surface area contributed by atoms with Gasteiger partial charge in [0.1, 0.15) is 5.02 Å². The molecule has 8 nitrogen and oxygen atoms in total. The summed E-state index contributed by atoms with van der Waals surface area (Å²) < 4.78 is 57.7. The first-order valence-corrected chi connectivity index (χ1v) is 13.4. The fraction of sp³-hybridized carbons (Fsp3) is 0.214. The summed E-state index contributed by atoms with van der Waals surface area (Å²) >= 11 is 9.90. The van der Waals surface area contributed by atoms with Crippen LogP contribution in [0.25, 0.3) is 22.3 Å². The van der Waals surface area contributed by atoms with Gasteiger partial charge in [0.2, 0.25) is 0 Å². The molecule has 0 atom stereocenters. The molecule has 1 heterocycles. The van der Waals surface area contributed by atoms with Crippen molar-refractivity contribution < 1.29 is 32.2 Å². The van der Waals surface area contributed by atoms with Gasteiger partial charge in [-0.15, -0.1) is 0 Å². The van der Waals surface area contributed by atoms with E-state index >= 15 is 0 Å². The molecule has 0 amide bonds. The summed E-state index contributed by atoms with van der Waals surface area (Å²) in [7, 11) is 0. The van der Waals surface area contributed by atoms with Gasteiger partial charge in [-0.3, -0.25) is 4.79 Å². The summed E-state index contributed by atoms with van der Waals surface area (Å²) in [5.74, 6) is -0.427. The Morgan fingerprint density at radius 2 is 1.85 bits per heavy atom. The van der Waals surface area contributed by atoms with E-state index in [2.05, 4.69) is 26.0 Å². The molecule has 4 aromatic rings. The predicted octanol–water partition coefficient (Wildman–Crippen LogP) is 6.72. The second kappa shape index (κ2) is 12.7. The van der Waals surface area contributed by atoms with Crippen molar-refractivity contribution in [3.05, 3.63) is 85.6 Å². The largest absolute Gasteiger partial charge is 0.490 e. The van der Waals surface area contributed by atoms with Crippen LogP contribution < -0.4 is 15.0 Å². The molecule has 41 heavy (non-hydrogen) atoms. The number of ether oxygens (including phenoxy) is 3. The fourth-order valence-electron chi connectivity index (χ4n) is 3.80. The Labute approximate surface area is 245 Å². The van der Waals surface area contributed by atoms with Crippen LogP contribution in [0, 0.1) is 0 Å². The molecule has 0 bridgehead atoms. The number of esters is 1. The van der Waals surface area contributed by atoms with Gasteiger partial charge in [-0.1, -0.05) is 35.9 Å². The van der Waals surface area contributed by atoms with Crippen LogP contribution in [-0.4, -0.2) is 41.7 Å². The highest BCUT2D eigenvalue weighted by molar-refractivity contribution is 9.10. The lowest BCUT2D eigenvalue weighted by Crippen LogP contribution is -2.20. The van der Waals surface area contributed by atoms with Crippen LogP contribution in [0.1, 0.15) is 25.0 Å². The van der Waals surface area contributed by atoms with Crippen molar-refractivity contribution in [2.75, 3.05) is 19.8 Å². The molecule has 0 aliphatic heterocycles. The molecule has 0 aliphatic carbocycles. The minimum Gasteiger partial charge on any atom is -0.490 e. The first-order valence-electron chi connectivity index (χ1n) is 12.2. The second-order valence-corrected chi connectivity index (χ2v) is 9.51. The van der Waals surface area contributed by atoms with Crippen LogP contribution in [0.3, 0.4) is 0 Å². The first-order chi connectivity index (χ1) is 19.5. The molecule has 0 radical (unpaired) electrons. The SMILES string of the molecule is CCOC(=O)COc1c(OCC)cc(C=Nn2c(-c3cccc(C(F)(F)F)c3)nc3ccccc3c2=O)c(Br)c1Cl. The lowest BCUT2D eigenvalue weighted by molar-refractivity contribution is -0.145. The van der Waals surface area contributed by atoms with Crippen LogP contribution in [0.2, 0.25) is 5.02 Å². The number of nitrogens with zero attached hydrogens (tertiary/aromatic N) is 3. The third-order valence-corrected chi connectivity index (χ3v) is 7.05. The molecular formula is C28H22BrClF3N3O5. The van der Waals surface area contributed by atoms with Crippen molar-refractivity contribution in [1.29, 1.82) is 0 Å². The minimum absolute atomic E-state index is 0.0367. The van der Waals surface area contributed by atoms with Crippen LogP contribution in [-0.2, 0) is 15.7 Å². The summed E-state index contributed by atoms with van der Waals surface area (Å²) in [5.41, 5.74) is -0.822. The van der Waals surface area contributed by atoms with Gasteiger partial charge in [-0.05, 0) is 60.1 Å². The molecule has 0 spiro atoms. The Kier molecular flexibility index (Phi) is 9.34. The molecule has 0 N–H and O–H groups in total. The highest BCUT2D eigenvalue weighted by Gasteiger charge is 2.31. The molecule has 13 heteroatoms. The van der Waals surface area contributed by atoms with Gasteiger partial charge in [0.05, 0.1) is 35.9 Å². The highest BCUT2D eigenvalue weighted by atomic mass is 79.9. The molecule has 3 aromatic carbocycles. The summed E-state index contributed by atoms with van der Waals surface area (Å²) in [6.07, 6.45) is -3.32. The highest BCUT2D eigenvalue weighted by Crippen LogP contribution is 2.42. The van der Waals surface area contributed by atoms with Crippen molar-refractivity contribution >= 4 is 50.6 Å². The lowest BCUT2D eigenvalue weighted by atomic mass is 10.1. The van der Waals surface area contributed by atoms with Crippen molar-refractivity contribution in [2.24, 2.45) is 5.10 Å². The van der Waals surface area contributed by atoms with E-state index in [9.17, 15) is 22.8 Å². The average Bonchev–Trinajstić information content (AvgIpc) is 2.94. The Balaban J connectivity index is 1.84. The van der Waals surface area contributed by atoms with Crippen molar-refractivity contribution in [3.63, 3.8) is 0 Å². The van der Waals surface area contributed by atoms with E-state index in [0.29, 0.717) is 15.6 Å². The maximum absolute atomic E-state index is 13.5. The van der Waals surface area contributed by atoms with Crippen LogP contribution in [0.4, 0.5) is 13.2 Å². The molecule has 0 unspecified atom stereocenters. The zero-order valence-corrected chi connectivity index (χ0v) is 24.0. The third kappa shape index (κ3) is 6.71. The number of hydrogen-bond acceptors (Lipinski definition) is 7. The Morgan fingerprint density at radius 1 is 1.10 bits per heavy atom. The van der Waals surface area contributed by atoms with E-state index in [0.717, 1.165) is 16.8 Å². The molecule has 0 saturated heterocycles. The standard InChI is InChI=1S/C28H22BrClF3N3O5/c1-3-39-21-13-17(23(29)24(30)25(21)41-15-22(37)40-4-2)14-34-36-26(16-8-7-9-18(12-16)28(31,32)33)35-20-11-6-5-10-19(20)27(36)38/h5-14H,3-4,15H2,1-2H3. The van der Waals surface area contributed by atoms with E-state index in [1.165, 1.54) is 24.4 Å². The van der Waals surface area contributed by atoms with Crippen LogP contribution >= 0.6 is 27.5 Å². The third-order valence-electron chi connectivity index (χ3n) is 5.61. The lowest BCUT2D eigenvalue weighted by Gasteiger charge is -2.16. The number of para-hydroxylation sites is 1. The topological polar surface area (TPSA) is 92.0 Å². The molecule has 1 aromatic heterocycles. The van der Waals surface area contributed by atoms with Gasteiger partial charge >= 0.3 is 12.1 Å². The van der Waals surface area contributed by atoms with Crippen molar-refractivity contribution in [1.82, 2.24) is 9.66 Å². The van der Waals surface area contributed by atoms with Gasteiger partial charge in [0.15, 0.2) is 23.9 Å². The second-order valence-electron chi connectivity index (χ2n) is 8.34. The molecule has 0 saturated carbocycles. The number of aromatic nitrogens is 2. The number of hydrogen-bond donors (Lipinski definition) is 0. The van der Waals surface area contributed by atoms with Crippen LogP contribution in [0.15, 0.2) is 69.0 Å². The number of carbonyl (C=O) groups excluding carboxylic acids is 1. The molecular weight excluding hydrogens is 631 g/mol. The summed E-state index contributed by atoms with van der Waals surface area (Å²) in [5, 5.41) is 4.58. The monoisotopic (exact) mass is 651 g/mol. The van der Waals surface area contributed by atoms with Gasteiger partial charge < -0.3 is 14.2 Å². The fourth-order valence-corrected chi connectivity index (χ4v) is 4.46. The van der Waals surface area contributed by atoms with Gasteiger partial charge in [-0.2, -0.15) is 22.9 Å². The first kappa shape index (κ1) is 30.1. The predicted molar refractivity (Wildman–Crippen MR) is 152 cm³/mol. The Morgan fingerprint density at radius 3 is 2.56 bits per heavy atom. The zero-order chi connectivity index (χ0) is 29.7. The number of benzene rings is 3. The Bertz CT molecular complexity index is 1690. The van der Waals surface area contributed by atoms with Crippen molar-refractivity contribution in [3.8, 4) is 22.9 Å².